The number of likely N-dealkylation sites (tertiary alicyclic amines) is 1. The molecule has 26 heteroatoms. The molecule has 22 nitrogen and oxygen atoms in total. The number of nitrogens with zero attached hydrogens (tertiary/aromatic N) is 7. The average molecular weight is 1530 g/mol. The van der Waals surface area contributed by atoms with Crippen LogP contribution in [0.25, 0.3) is 10.1 Å². The molecule has 2 aromatic rings. The second kappa shape index (κ2) is 41.4. The van der Waals surface area contributed by atoms with E-state index in [1.807, 2.05) is 95.4 Å². The molecule has 1 aromatic carbocycles. The molecule has 580 valence electrons. The summed E-state index contributed by atoms with van der Waals surface area (Å²) in [5.41, 5.74) is 1.69. The first-order valence-electron chi connectivity index (χ1n) is 35.8. The largest absolute Gasteiger partial charge is 0.373 e. The molecule has 11 rings (SSSR count). The Morgan fingerprint density at radius 3 is 1.17 bits per heavy atom. The van der Waals surface area contributed by atoms with E-state index in [0.717, 1.165) is 63.8 Å². The van der Waals surface area contributed by atoms with Gasteiger partial charge < -0.3 is 19.1 Å². The summed E-state index contributed by atoms with van der Waals surface area (Å²) in [5, 5.41) is 0.460. The maximum Gasteiger partial charge on any atom is 0.274 e. The highest BCUT2D eigenvalue weighted by molar-refractivity contribution is 7.13. The zero-order valence-electron chi connectivity index (χ0n) is 66.3. The van der Waals surface area contributed by atoms with Crippen molar-refractivity contribution < 1.29 is 67.0 Å². The Morgan fingerprint density at radius 2 is 0.933 bits per heavy atom. The van der Waals surface area contributed by atoms with Gasteiger partial charge in [-0.3, -0.25) is 86.0 Å². The lowest BCUT2D eigenvalue weighted by Crippen LogP contribution is -2.37. The van der Waals surface area contributed by atoms with Crippen molar-refractivity contribution in [3.63, 3.8) is 0 Å². The van der Waals surface area contributed by atoms with Crippen molar-refractivity contribution in [3.05, 3.63) is 103 Å². The van der Waals surface area contributed by atoms with Crippen molar-refractivity contribution in [1.29, 1.82) is 0 Å². The van der Waals surface area contributed by atoms with Crippen molar-refractivity contribution in [1.82, 2.24) is 33.4 Å². The molecular weight excluding hydrogens is 1410 g/mol. The van der Waals surface area contributed by atoms with Crippen molar-refractivity contribution in [3.8, 4) is 0 Å². The van der Waals surface area contributed by atoms with E-state index in [-0.39, 0.29) is 104 Å². The molecule has 104 heavy (non-hydrogen) atoms. The predicted molar refractivity (Wildman–Crippen MR) is 412 cm³/mol. The second-order valence-corrected chi connectivity index (χ2v) is 32.5. The molecule has 11 amide bonds. The first kappa shape index (κ1) is 93.4. The summed E-state index contributed by atoms with van der Waals surface area (Å²) in [5.74, 6) is 0.718. The molecule has 9 aliphatic heterocycles. The first-order valence-corrected chi connectivity index (χ1v) is 37.7. The summed E-state index contributed by atoms with van der Waals surface area (Å²) >= 11 is 17.9. The van der Waals surface area contributed by atoms with Gasteiger partial charge in [0.2, 0.25) is 5.91 Å². The monoisotopic (exact) mass is 1530 g/mol. The SMILES string of the molecule is C=CC(=O)N1CCCC1C(C)C.CC(C)(C)n1sc2ccccc2c1=O.CC(C)C1CO1.CC(C)C1OC1C.CC(C)C1OC1C(C)C.CC(C)N1C(=O)C(Cl)=C(Cl)C1=O.CC(C)N1C(=O)C=C(Cl)C1=O.CC(C)N1C(=O)C=CC1=O.CC1=C(C)C(=O)N(C(C)C)C1=O.CC1=CC(=O)N(C(C)C)C1=O. The van der Waals surface area contributed by atoms with Gasteiger partial charge in [-0.15, -0.1) is 0 Å². The number of hydrogen-bond acceptors (Lipinski definition) is 16. The molecule has 4 fully saturated rings. The van der Waals surface area contributed by atoms with Crippen LogP contribution in [0.2, 0.25) is 0 Å². The zero-order valence-corrected chi connectivity index (χ0v) is 69.3. The van der Waals surface area contributed by atoms with Crippen LogP contribution in [-0.2, 0) is 72.5 Å². The highest BCUT2D eigenvalue weighted by atomic mass is 35.5. The number of benzene rings is 1. The van der Waals surface area contributed by atoms with Crippen LogP contribution in [-0.4, -0.2) is 178 Å². The summed E-state index contributed by atoms with van der Waals surface area (Å²) in [7, 11) is 0. The minimum atomic E-state index is -0.512. The van der Waals surface area contributed by atoms with E-state index in [2.05, 4.69) is 82.7 Å². The molecule has 9 aliphatic rings. The maximum atomic E-state index is 11.9. The molecule has 0 bridgehead atoms. The Labute approximate surface area is 636 Å². The maximum absolute atomic E-state index is 11.9. The van der Waals surface area contributed by atoms with Crippen molar-refractivity contribution in [2.45, 2.75) is 272 Å². The minimum absolute atomic E-state index is 0.00343. The molecule has 0 spiro atoms. The van der Waals surface area contributed by atoms with Gasteiger partial charge in [0.1, 0.15) is 15.1 Å². The smallest absolute Gasteiger partial charge is 0.274 e. The van der Waals surface area contributed by atoms with Gasteiger partial charge in [0.25, 0.3) is 64.6 Å². The van der Waals surface area contributed by atoms with Gasteiger partial charge in [0.15, 0.2) is 0 Å². The molecule has 4 saturated heterocycles. The Morgan fingerprint density at radius 1 is 0.529 bits per heavy atom. The molecule has 0 radical (unpaired) electrons. The molecular formula is C78H116Cl3N7O15S. The third-order valence-corrected chi connectivity index (χ3v) is 19.7. The van der Waals surface area contributed by atoms with Gasteiger partial charge in [-0.1, -0.05) is 134 Å². The van der Waals surface area contributed by atoms with Gasteiger partial charge in [-0.05, 0) is 178 Å². The molecule has 6 atom stereocenters. The van der Waals surface area contributed by atoms with E-state index >= 15 is 0 Å². The fourth-order valence-corrected chi connectivity index (χ4v) is 12.6. The molecule has 6 unspecified atom stereocenters. The van der Waals surface area contributed by atoms with E-state index < -0.39 is 17.7 Å². The number of amides is 11. The van der Waals surface area contributed by atoms with Crippen LogP contribution in [0.1, 0.15) is 200 Å². The number of carbonyl (C=O) groups excluding carboxylic acids is 11. The van der Waals surface area contributed by atoms with Crippen LogP contribution in [0.4, 0.5) is 0 Å². The number of fused-ring (bicyclic) bond motifs is 1. The standard InChI is InChI=1S/C11H13NOS.C10H17NO.C9H13NO2.C8H11NO2.C8H16O.C7H7Cl2NO2.C7H8ClNO2.C7H9NO2.C6H12O.C5H10O/c1-11(2,3)12-10(13)8-6-4-5-7-9(8)14-12;1-4-10(12)11-7-5-6-9(11)8(2)3;1-5(2)10-8(11)6(3)7(4)9(10)12;1-5(2)9-7(10)4-6(3)8(9)11;1-5(2)7-8(9-7)6(3)4;1-3(2)10-6(11)4(8)5(9)7(10)12;1-4(2)9-6(10)3-5(8)7(9)11;1-5(2)8-6(9)3-4-7(8)10;1-4(2)6-5(3)7-6;1-4(2)5-3-6-5/h4-7H,1-3H3;4,8-9H,1,5-7H2,2-3H3;5H,1-4H3;4-5H,1-3H3;5-8H,1-4H3;3H,1-2H3;3-4H,1-2H3;3-5H,1-2H3;4-6H,1-3H3;4-5H,3H2,1-2H3. The lowest BCUT2D eigenvalue weighted by atomic mass is 10.0. The van der Waals surface area contributed by atoms with Crippen LogP contribution in [0.5, 0.6) is 0 Å². The van der Waals surface area contributed by atoms with Crippen LogP contribution < -0.4 is 5.56 Å². The molecule has 10 heterocycles. The molecule has 1 aromatic heterocycles. The van der Waals surface area contributed by atoms with Gasteiger partial charge >= 0.3 is 0 Å². The number of carbonyl (C=O) groups is 11. The van der Waals surface area contributed by atoms with E-state index in [1.54, 1.807) is 48.5 Å². The topological polar surface area (TPSA) is 267 Å². The third kappa shape index (κ3) is 26.6. The zero-order chi connectivity index (χ0) is 80.3. The van der Waals surface area contributed by atoms with E-state index in [1.165, 1.54) is 50.5 Å². The third-order valence-electron chi connectivity index (χ3n) is 17.1. The van der Waals surface area contributed by atoms with Gasteiger partial charge in [0, 0.05) is 83.8 Å². The van der Waals surface area contributed by atoms with Gasteiger partial charge in [-0.25, -0.2) is 0 Å². The van der Waals surface area contributed by atoms with Crippen LogP contribution in [0, 0.1) is 29.6 Å². The Bertz CT molecular complexity index is 3470. The Hall–Kier alpha value is -6.73. The number of ether oxygens (including phenoxy) is 3. The number of aromatic nitrogens is 1. The van der Waals surface area contributed by atoms with Crippen LogP contribution in [0.15, 0.2) is 97.8 Å². The quantitative estimate of drug-likeness (QED) is 0.115. The summed E-state index contributed by atoms with van der Waals surface area (Å²) in [6.45, 7) is 58.5. The molecule has 0 aliphatic carbocycles. The molecule has 0 saturated carbocycles. The lowest BCUT2D eigenvalue weighted by Gasteiger charge is -2.26. The molecule has 0 N–H and O–H groups in total. The number of rotatable bonds is 11. The highest BCUT2D eigenvalue weighted by Crippen LogP contribution is 2.35. The fourth-order valence-electron chi connectivity index (χ4n) is 11.0. The van der Waals surface area contributed by atoms with E-state index in [4.69, 9.17) is 49.0 Å². The van der Waals surface area contributed by atoms with Gasteiger partial charge in [0.05, 0.1) is 52.8 Å². The van der Waals surface area contributed by atoms with E-state index in [0.29, 0.717) is 71.0 Å². The summed E-state index contributed by atoms with van der Waals surface area (Å²) in [6.07, 6.45) is 11.7. The lowest BCUT2D eigenvalue weighted by molar-refractivity contribution is -0.141. The predicted octanol–water partition coefficient (Wildman–Crippen LogP) is 13.6. The number of imide groups is 5. The fraction of sp³-hybridized carbons (Fsp3) is 0.615. The number of hydrogen-bond donors (Lipinski definition) is 0. The van der Waals surface area contributed by atoms with Crippen LogP contribution in [0.3, 0.4) is 0 Å². The van der Waals surface area contributed by atoms with Crippen molar-refractivity contribution in [2.24, 2.45) is 29.6 Å². The van der Waals surface area contributed by atoms with Gasteiger partial charge in [-0.2, -0.15) is 0 Å². The summed E-state index contributed by atoms with van der Waals surface area (Å²) in [4.78, 5) is 142. The highest BCUT2D eigenvalue weighted by Gasteiger charge is 2.43. The summed E-state index contributed by atoms with van der Waals surface area (Å²) < 4.78 is 18.5. The van der Waals surface area contributed by atoms with Crippen LogP contribution >= 0.6 is 46.3 Å². The van der Waals surface area contributed by atoms with E-state index in [9.17, 15) is 57.5 Å². The first-order chi connectivity index (χ1) is 47.9. The Kier molecular flexibility index (Phi) is 37.2. The number of epoxide rings is 3. The van der Waals surface area contributed by atoms with Crippen molar-refractivity contribution >= 4 is 121 Å². The second-order valence-electron chi connectivity index (χ2n) is 30.3. The normalized spacial score (nSPS) is 21.6. The van der Waals surface area contributed by atoms with Crippen molar-refractivity contribution in [2.75, 3.05) is 13.2 Å². The Balaban J connectivity index is 0.000000395. The minimum Gasteiger partial charge on any atom is -0.373 e. The number of halogens is 3. The summed E-state index contributed by atoms with van der Waals surface area (Å²) in [6, 6.07) is 7.73. The average Bonchev–Trinajstić information content (AvgIpc) is 1.64.